The van der Waals surface area contributed by atoms with Crippen LogP contribution in [-0.2, 0) is 16.8 Å². The first-order valence-electron chi connectivity index (χ1n) is 8.11. The minimum Gasteiger partial charge on any atom is -0.493 e. The van der Waals surface area contributed by atoms with E-state index in [2.05, 4.69) is 19.4 Å². The highest BCUT2D eigenvalue weighted by Gasteiger charge is 2.19. The van der Waals surface area contributed by atoms with Gasteiger partial charge in [0.1, 0.15) is 6.33 Å². The summed E-state index contributed by atoms with van der Waals surface area (Å²) in [6, 6.07) is 15.9. The van der Waals surface area contributed by atoms with Crippen molar-refractivity contribution in [3.8, 4) is 17.2 Å². The lowest BCUT2D eigenvalue weighted by Gasteiger charge is -2.15. The number of nitrogens with one attached hydrogen (secondary N) is 2. The van der Waals surface area contributed by atoms with Crippen molar-refractivity contribution in [1.82, 2.24) is 14.7 Å². The van der Waals surface area contributed by atoms with E-state index < -0.39 is 10.2 Å². The quantitative estimate of drug-likeness (QED) is 0.541. The molecule has 146 valence electrons. The van der Waals surface area contributed by atoms with E-state index in [4.69, 9.17) is 21.1 Å². The highest BCUT2D eigenvalue weighted by Crippen LogP contribution is 2.37. The molecule has 0 unspecified atom stereocenters. The Morgan fingerprint density at radius 2 is 1.68 bits per heavy atom. The van der Waals surface area contributed by atoms with Crippen molar-refractivity contribution in [2.45, 2.75) is 6.54 Å². The van der Waals surface area contributed by atoms with Crippen molar-refractivity contribution in [3.05, 3.63) is 71.6 Å². The summed E-state index contributed by atoms with van der Waals surface area (Å²) >= 11 is 6.10. The van der Waals surface area contributed by atoms with Crippen molar-refractivity contribution >= 4 is 27.6 Å². The van der Waals surface area contributed by atoms with E-state index in [-0.39, 0.29) is 23.3 Å². The van der Waals surface area contributed by atoms with Crippen molar-refractivity contribution < 1.29 is 17.9 Å². The minimum absolute atomic E-state index is 0.0428. The molecule has 2 N–H and O–H groups in total. The molecular formula is C18H17ClN4O4S. The Hall–Kier alpha value is -2.88. The molecule has 1 aromatic heterocycles. The maximum atomic E-state index is 12.4. The van der Waals surface area contributed by atoms with Gasteiger partial charge < -0.3 is 9.47 Å². The van der Waals surface area contributed by atoms with Crippen LogP contribution in [0.4, 0.5) is 5.82 Å². The average Bonchev–Trinajstić information content (AvgIpc) is 2.70. The highest BCUT2D eigenvalue weighted by molar-refractivity contribution is 7.90. The molecule has 0 saturated carbocycles. The second kappa shape index (κ2) is 8.87. The van der Waals surface area contributed by atoms with Crippen LogP contribution < -0.4 is 18.9 Å². The number of benzene rings is 2. The Morgan fingerprint density at radius 1 is 1.00 bits per heavy atom. The van der Waals surface area contributed by atoms with E-state index in [1.807, 2.05) is 18.2 Å². The number of aromatic nitrogens is 2. The van der Waals surface area contributed by atoms with Gasteiger partial charge in [0, 0.05) is 6.54 Å². The predicted octanol–water partition coefficient (Wildman–Crippen LogP) is 3.38. The summed E-state index contributed by atoms with van der Waals surface area (Å²) in [5, 5.41) is -0.0540. The van der Waals surface area contributed by atoms with Crippen LogP contribution in [0.5, 0.6) is 17.2 Å². The van der Waals surface area contributed by atoms with Gasteiger partial charge in [-0.05, 0) is 17.7 Å². The lowest BCUT2D eigenvalue weighted by Crippen LogP contribution is -2.30. The maximum absolute atomic E-state index is 12.4. The molecule has 3 aromatic rings. The Kier molecular flexibility index (Phi) is 6.30. The van der Waals surface area contributed by atoms with Crippen molar-refractivity contribution in [3.63, 3.8) is 0 Å². The first kappa shape index (κ1) is 19.9. The van der Waals surface area contributed by atoms with Crippen LogP contribution in [0.25, 0.3) is 0 Å². The van der Waals surface area contributed by atoms with E-state index in [9.17, 15) is 8.42 Å². The van der Waals surface area contributed by atoms with Gasteiger partial charge in [0.2, 0.25) is 5.75 Å². The Morgan fingerprint density at radius 3 is 2.39 bits per heavy atom. The van der Waals surface area contributed by atoms with Gasteiger partial charge in [0.05, 0.1) is 7.11 Å². The number of methoxy groups -OCH3 is 1. The molecule has 0 atom stereocenters. The van der Waals surface area contributed by atoms with Gasteiger partial charge in [-0.2, -0.15) is 13.1 Å². The van der Waals surface area contributed by atoms with E-state index in [0.717, 1.165) is 11.9 Å². The number of rotatable bonds is 8. The number of hydrogen-bond donors (Lipinski definition) is 2. The molecule has 8 nitrogen and oxygen atoms in total. The summed E-state index contributed by atoms with van der Waals surface area (Å²) in [5.41, 5.74) is 0.805. The molecule has 0 aliphatic rings. The highest BCUT2D eigenvalue weighted by atomic mass is 35.5. The van der Waals surface area contributed by atoms with Crippen LogP contribution in [0.15, 0.2) is 60.9 Å². The predicted molar refractivity (Wildman–Crippen MR) is 106 cm³/mol. The fraction of sp³-hybridized carbons (Fsp3) is 0.111. The first-order valence-corrected chi connectivity index (χ1v) is 9.97. The van der Waals surface area contributed by atoms with Crippen LogP contribution in [0.2, 0.25) is 5.15 Å². The van der Waals surface area contributed by atoms with Gasteiger partial charge in [-0.3, -0.25) is 4.72 Å². The third-order valence-electron chi connectivity index (χ3n) is 3.58. The summed E-state index contributed by atoms with van der Waals surface area (Å²) in [6.07, 6.45) is 1.13. The molecule has 10 heteroatoms. The smallest absolute Gasteiger partial charge is 0.300 e. The molecule has 2 aromatic carbocycles. The molecule has 0 radical (unpaired) electrons. The van der Waals surface area contributed by atoms with Gasteiger partial charge in [-0.1, -0.05) is 54.1 Å². The number of hydrogen-bond acceptors (Lipinski definition) is 6. The number of para-hydroxylation sites is 2. The van der Waals surface area contributed by atoms with Gasteiger partial charge in [0.25, 0.3) is 0 Å². The standard InChI is InChI=1S/C18H17ClN4O4S/c1-26-14-9-5-6-10-15(14)27-16-17(19)20-12-21-18(16)23-28(24,25)22-11-13-7-3-2-4-8-13/h2-10,12,22H,11H2,1H3,(H,20,21,23). The topological polar surface area (TPSA) is 102 Å². The zero-order chi connectivity index (χ0) is 20.0. The molecular weight excluding hydrogens is 404 g/mol. The van der Waals surface area contributed by atoms with Crippen molar-refractivity contribution in [1.29, 1.82) is 0 Å². The molecule has 28 heavy (non-hydrogen) atoms. The number of ether oxygens (including phenoxy) is 2. The van der Waals surface area contributed by atoms with Gasteiger partial charge in [-0.25, -0.2) is 9.97 Å². The van der Waals surface area contributed by atoms with Crippen LogP contribution in [0.1, 0.15) is 5.56 Å². The monoisotopic (exact) mass is 420 g/mol. The molecule has 0 saturated heterocycles. The summed E-state index contributed by atoms with van der Waals surface area (Å²) < 4.78 is 40.5. The molecule has 0 fully saturated rings. The third-order valence-corrected chi connectivity index (χ3v) is 4.84. The maximum Gasteiger partial charge on any atom is 0.300 e. The zero-order valence-electron chi connectivity index (χ0n) is 14.8. The van der Waals surface area contributed by atoms with Crippen LogP contribution in [0, 0.1) is 0 Å². The number of halogens is 1. The molecule has 0 amide bonds. The number of nitrogens with zero attached hydrogens (tertiary/aromatic N) is 2. The third kappa shape index (κ3) is 5.10. The normalized spacial score (nSPS) is 11.1. The Bertz CT molecular complexity index is 1050. The van der Waals surface area contributed by atoms with E-state index in [0.29, 0.717) is 11.5 Å². The molecule has 0 spiro atoms. The van der Waals surface area contributed by atoms with Crippen molar-refractivity contribution in [2.75, 3.05) is 11.8 Å². The van der Waals surface area contributed by atoms with Gasteiger partial charge in [0.15, 0.2) is 22.5 Å². The minimum atomic E-state index is -3.94. The Labute approximate surface area is 167 Å². The summed E-state index contributed by atoms with van der Waals surface area (Å²) in [5.74, 6) is 0.628. The summed E-state index contributed by atoms with van der Waals surface area (Å²) in [7, 11) is -2.45. The molecule has 3 rings (SSSR count). The summed E-state index contributed by atoms with van der Waals surface area (Å²) in [4.78, 5) is 7.79. The average molecular weight is 421 g/mol. The largest absolute Gasteiger partial charge is 0.493 e. The Balaban J connectivity index is 1.81. The second-order valence-electron chi connectivity index (χ2n) is 5.51. The van der Waals surface area contributed by atoms with E-state index in [1.165, 1.54) is 7.11 Å². The molecule has 0 aliphatic carbocycles. The van der Waals surface area contributed by atoms with E-state index >= 15 is 0 Å². The second-order valence-corrected chi connectivity index (χ2v) is 7.37. The zero-order valence-corrected chi connectivity index (χ0v) is 16.4. The lowest BCUT2D eigenvalue weighted by molar-refractivity contribution is 0.378. The van der Waals surface area contributed by atoms with Crippen LogP contribution >= 0.6 is 11.6 Å². The van der Waals surface area contributed by atoms with Gasteiger partial charge >= 0.3 is 10.2 Å². The summed E-state index contributed by atoms with van der Waals surface area (Å²) in [6.45, 7) is 0.109. The lowest BCUT2D eigenvalue weighted by atomic mass is 10.2. The SMILES string of the molecule is COc1ccccc1Oc1c(Cl)ncnc1NS(=O)(=O)NCc1ccccc1. The van der Waals surface area contributed by atoms with Crippen LogP contribution in [-0.4, -0.2) is 25.5 Å². The fourth-order valence-corrected chi connectivity index (χ4v) is 3.27. The molecule has 0 aliphatic heterocycles. The van der Waals surface area contributed by atoms with Crippen molar-refractivity contribution in [2.24, 2.45) is 0 Å². The van der Waals surface area contributed by atoms with Gasteiger partial charge in [-0.15, -0.1) is 0 Å². The fourth-order valence-electron chi connectivity index (χ4n) is 2.27. The first-order chi connectivity index (χ1) is 13.5. The van der Waals surface area contributed by atoms with E-state index in [1.54, 1.807) is 36.4 Å². The van der Waals surface area contributed by atoms with Crippen LogP contribution in [0.3, 0.4) is 0 Å². The number of anilines is 1. The molecule has 1 heterocycles. The molecule has 0 bridgehead atoms.